The Bertz CT molecular complexity index is 935. The maximum Gasteiger partial charge on any atom is 0.226 e. The van der Waals surface area contributed by atoms with Crippen molar-refractivity contribution in [1.82, 2.24) is 9.62 Å². The van der Waals surface area contributed by atoms with Crippen LogP contribution in [0.1, 0.15) is 44.1 Å². The first-order chi connectivity index (χ1) is 14.9. The minimum Gasteiger partial charge on any atom is -0.598 e. The summed E-state index contributed by atoms with van der Waals surface area (Å²) in [7, 11) is 0. The average Bonchev–Trinajstić information content (AvgIpc) is 3.52. The lowest BCUT2D eigenvalue weighted by Crippen LogP contribution is -2.42. The van der Waals surface area contributed by atoms with E-state index in [1.165, 1.54) is 18.2 Å². The molecular weight excluding hydrogens is 418 g/mol. The molecule has 2 fully saturated rings. The molecule has 1 aliphatic carbocycles. The molecule has 2 aliphatic rings. The first-order valence-electron chi connectivity index (χ1n) is 10.8. The van der Waals surface area contributed by atoms with Crippen molar-refractivity contribution in [1.29, 1.82) is 0 Å². The van der Waals surface area contributed by atoms with Gasteiger partial charge in [0.2, 0.25) is 5.91 Å². The van der Waals surface area contributed by atoms with Crippen LogP contribution in [0.25, 0.3) is 11.1 Å². The average molecular weight is 447 g/mol. The van der Waals surface area contributed by atoms with Gasteiger partial charge in [0.1, 0.15) is 17.9 Å². The van der Waals surface area contributed by atoms with E-state index in [0.717, 1.165) is 24.8 Å². The van der Waals surface area contributed by atoms with E-state index >= 15 is 0 Å². The van der Waals surface area contributed by atoms with Crippen LogP contribution in [0.2, 0.25) is 0 Å². The Balaban J connectivity index is 1.52. The van der Waals surface area contributed by atoms with E-state index in [9.17, 15) is 18.1 Å². The standard InChI is InChI=1S/C24H28F2N2O2S/c1-15-13-16(27-31(2)30)7-6-12-28(15)24(29)20-14-19(20)17-8-3-4-9-18(17)23-21(25)10-5-11-22(23)26/h3-5,8-11,15-16,19-20,27H,6-7,12-14H2,1-2H3. The first-order valence-corrected chi connectivity index (χ1v) is 12.4. The first kappa shape index (κ1) is 22.2. The molecule has 31 heavy (non-hydrogen) atoms. The lowest BCUT2D eigenvalue weighted by Gasteiger charge is -2.28. The smallest absolute Gasteiger partial charge is 0.226 e. The number of nitrogens with one attached hydrogen (secondary N) is 1. The Kier molecular flexibility index (Phi) is 6.65. The molecule has 5 atom stereocenters. The fraction of sp³-hybridized carbons (Fsp3) is 0.458. The summed E-state index contributed by atoms with van der Waals surface area (Å²) >= 11 is -1.07. The maximum atomic E-state index is 14.4. The molecule has 1 saturated carbocycles. The predicted octanol–water partition coefficient (Wildman–Crippen LogP) is 4.39. The van der Waals surface area contributed by atoms with Crippen molar-refractivity contribution in [3.63, 3.8) is 0 Å². The molecule has 0 spiro atoms. The van der Waals surface area contributed by atoms with Crippen molar-refractivity contribution in [2.75, 3.05) is 12.8 Å². The van der Waals surface area contributed by atoms with Gasteiger partial charge in [-0.15, -0.1) is 4.72 Å². The molecule has 1 N–H and O–H groups in total. The summed E-state index contributed by atoms with van der Waals surface area (Å²) in [5, 5.41) is 0. The van der Waals surface area contributed by atoms with Crippen molar-refractivity contribution < 1.29 is 18.1 Å². The molecule has 1 amide bonds. The molecule has 0 radical (unpaired) electrons. The van der Waals surface area contributed by atoms with Gasteiger partial charge in [0, 0.05) is 29.9 Å². The molecule has 2 aromatic rings. The summed E-state index contributed by atoms with van der Waals surface area (Å²) in [5.74, 6) is -1.27. The van der Waals surface area contributed by atoms with Gasteiger partial charge in [-0.25, -0.2) is 8.78 Å². The Labute approximate surface area is 185 Å². The second-order valence-corrected chi connectivity index (χ2v) is 9.80. The summed E-state index contributed by atoms with van der Waals surface area (Å²) in [6.45, 7) is 2.72. The Hall–Kier alpha value is -1.96. The number of amides is 1. The molecule has 0 aromatic heterocycles. The number of carbonyl (C=O) groups excluding carboxylic acids is 1. The van der Waals surface area contributed by atoms with Crippen LogP contribution < -0.4 is 4.72 Å². The van der Waals surface area contributed by atoms with Crippen LogP contribution in [0.3, 0.4) is 0 Å². The fourth-order valence-electron chi connectivity index (χ4n) is 4.88. The van der Waals surface area contributed by atoms with E-state index in [0.29, 0.717) is 18.5 Å². The van der Waals surface area contributed by atoms with Crippen molar-refractivity contribution in [2.45, 2.75) is 50.6 Å². The second kappa shape index (κ2) is 9.27. The van der Waals surface area contributed by atoms with Gasteiger partial charge in [0.15, 0.2) is 0 Å². The highest BCUT2D eigenvalue weighted by atomic mass is 32.2. The SMILES string of the molecule is CC1CC(N[S+](C)[O-])CCCN1C(=O)C1CC1c1ccccc1-c1c(F)cccc1F. The van der Waals surface area contributed by atoms with Gasteiger partial charge in [0.25, 0.3) is 0 Å². The predicted molar refractivity (Wildman–Crippen MR) is 119 cm³/mol. The lowest BCUT2D eigenvalue weighted by molar-refractivity contribution is -0.134. The van der Waals surface area contributed by atoms with Gasteiger partial charge in [-0.2, -0.15) is 0 Å². The summed E-state index contributed by atoms with van der Waals surface area (Å²) in [5.41, 5.74) is 1.33. The molecule has 4 nitrogen and oxygen atoms in total. The fourth-order valence-corrected chi connectivity index (χ4v) is 5.57. The quantitative estimate of drug-likeness (QED) is 0.693. The topological polar surface area (TPSA) is 55.4 Å². The van der Waals surface area contributed by atoms with Crippen molar-refractivity contribution in [3.05, 3.63) is 59.7 Å². The third kappa shape index (κ3) is 4.78. The van der Waals surface area contributed by atoms with E-state index in [2.05, 4.69) is 4.72 Å². The molecule has 1 heterocycles. The minimum absolute atomic E-state index is 0.0270. The van der Waals surface area contributed by atoms with Crippen LogP contribution in [-0.2, 0) is 16.2 Å². The van der Waals surface area contributed by atoms with Crippen LogP contribution >= 0.6 is 0 Å². The minimum atomic E-state index is -1.07. The van der Waals surface area contributed by atoms with Crippen molar-refractivity contribution in [2.24, 2.45) is 5.92 Å². The zero-order chi connectivity index (χ0) is 22.1. The number of benzene rings is 2. The highest BCUT2D eigenvalue weighted by molar-refractivity contribution is 7.88. The van der Waals surface area contributed by atoms with E-state index in [4.69, 9.17) is 0 Å². The van der Waals surface area contributed by atoms with E-state index in [1.54, 1.807) is 18.4 Å². The molecular formula is C24H28F2N2O2S. The highest BCUT2D eigenvalue weighted by Crippen LogP contribution is 2.52. The zero-order valence-corrected chi connectivity index (χ0v) is 18.6. The van der Waals surface area contributed by atoms with Gasteiger partial charge in [-0.3, -0.25) is 4.79 Å². The number of rotatable bonds is 5. The number of hydrogen-bond acceptors (Lipinski definition) is 3. The number of nitrogens with zero attached hydrogens (tertiary/aromatic N) is 1. The Morgan fingerprint density at radius 2 is 1.84 bits per heavy atom. The number of carbonyl (C=O) groups is 1. The van der Waals surface area contributed by atoms with Gasteiger partial charge in [-0.1, -0.05) is 30.3 Å². The Morgan fingerprint density at radius 3 is 2.55 bits per heavy atom. The number of hydrogen-bond donors (Lipinski definition) is 1. The van der Waals surface area contributed by atoms with Crippen LogP contribution in [0.15, 0.2) is 42.5 Å². The number of halogens is 2. The van der Waals surface area contributed by atoms with E-state index in [-0.39, 0.29) is 35.4 Å². The summed E-state index contributed by atoms with van der Waals surface area (Å²) < 4.78 is 43.5. The third-order valence-corrected chi connectivity index (χ3v) is 7.09. The van der Waals surface area contributed by atoms with Gasteiger partial charge >= 0.3 is 0 Å². The van der Waals surface area contributed by atoms with E-state index in [1.807, 2.05) is 24.0 Å². The molecule has 5 unspecified atom stereocenters. The highest BCUT2D eigenvalue weighted by Gasteiger charge is 2.47. The molecule has 1 aliphatic heterocycles. The zero-order valence-electron chi connectivity index (χ0n) is 17.8. The Morgan fingerprint density at radius 1 is 1.13 bits per heavy atom. The molecule has 0 bridgehead atoms. The van der Waals surface area contributed by atoms with Gasteiger partial charge in [-0.05, 0) is 61.8 Å². The van der Waals surface area contributed by atoms with Gasteiger partial charge < -0.3 is 9.45 Å². The molecule has 7 heteroatoms. The van der Waals surface area contributed by atoms with Crippen LogP contribution in [0, 0.1) is 17.6 Å². The third-order valence-electron chi connectivity index (χ3n) is 6.42. The largest absolute Gasteiger partial charge is 0.598 e. The summed E-state index contributed by atoms with van der Waals surface area (Å²) in [4.78, 5) is 15.3. The van der Waals surface area contributed by atoms with Gasteiger partial charge in [0.05, 0.1) is 11.6 Å². The molecule has 4 rings (SSSR count). The summed E-state index contributed by atoms with van der Waals surface area (Å²) in [6.07, 6.45) is 4.83. The van der Waals surface area contributed by atoms with Crippen LogP contribution in [-0.4, -0.2) is 40.2 Å². The monoisotopic (exact) mass is 446 g/mol. The lowest BCUT2D eigenvalue weighted by atomic mass is 9.95. The normalized spacial score (nSPS) is 26.9. The second-order valence-electron chi connectivity index (χ2n) is 8.66. The van der Waals surface area contributed by atoms with Crippen molar-refractivity contribution >= 4 is 17.3 Å². The van der Waals surface area contributed by atoms with Crippen LogP contribution in [0.5, 0.6) is 0 Å². The van der Waals surface area contributed by atoms with E-state index < -0.39 is 23.0 Å². The molecule has 166 valence electrons. The summed E-state index contributed by atoms with van der Waals surface area (Å²) in [6, 6.07) is 11.3. The maximum absolute atomic E-state index is 14.4. The van der Waals surface area contributed by atoms with Crippen molar-refractivity contribution in [3.8, 4) is 11.1 Å². The molecule has 1 saturated heterocycles. The van der Waals surface area contributed by atoms with Crippen LogP contribution in [0.4, 0.5) is 8.78 Å². The molecule has 2 aromatic carbocycles. The number of likely N-dealkylation sites (tertiary alicyclic amines) is 1.